The molecule has 3 rings (SSSR count). The van der Waals surface area contributed by atoms with E-state index in [4.69, 9.17) is 4.74 Å². The van der Waals surface area contributed by atoms with Crippen LogP contribution < -0.4 is 4.90 Å². The molecule has 0 bridgehead atoms. The summed E-state index contributed by atoms with van der Waals surface area (Å²) in [5.41, 5.74) is 3.03. The largest absolute Gasteiger partial charge is 0.504 e. The highest BCUT2D eigenvalue weighted by molar-refractivity contribution is 5.86. The van der Waals surface area contributed by atoms with Crippen molar-refractivity contribution in [2.45, 2.75) is 32.2 Å². The minimum absolute atomic E-state index is 0.0230. The molecule has 1 aliphatic heterocycles. The van der Waals surface area contributed by atoms with E-state index in [0.29, 0.717) is 17.7 Å². The van der Waals surface area contributed by atoms with E-state index in [0.717, 1.165) is 5.69 Å². The molecule has 1 aliphatic rings. The molecule has 1 unspecified atom stereocenters. The number of nitrogens with zero attached hydrogens (tertiary/aromatic N) is 1. The fraction of sp³-hybridized carbons (Fsp3) is 0.292. The standard InChI is InChI=1S/C24H27NO4/c1-16(2)23(28)29-15-14-25-19-10-6-5-9-18(19)24(3,4)21(25)13-12-17-8-7-11-20(26)22(17)27/h5-13,21,26-27H,1,14-15H2,2-4H3/b13-12+. The van der Waals surface area contributed by atoms with Crippen molar-refractivity contribution in [2.75, 3.05) is 18.1 Å². The maximum atomic E-state index is 11.7. The molecule has 1 atom stereocenters. The van der Waals surface area contributed by atoms with Crippen molar-refractivity contribution in [2.24, 2.45) is 0 Å². The van der Waals surface area contributed by atoms with Crippen LogP contribution in [0, 0.1) is 0 Å². The van der Waals surface area contributed by atoms with Crippen LogP contribution >= 0.6 is 0 Å². The summed E-state index contributed by atoms with van der Waals surface area (Å²) in [6.07, 6.45) is 3.84. The number of rotatable bonds is 6. The average molecular weight is 393 g/mol. The van der Waals surface area contributed by atoms with Crippen LogP contribution in [-0.2, 0) is 14.9 Å². The van der Waals surface area contributed by atoms with Crippen LogP contribution in [0.2, 0.25) is 0 Å². The van der Waals surface area contributed by atoms with Crippen molar-refractivity contribution < 1.29 is 19.7 Å². The van der Waals surface area contributed by atoms with Crippen LogP contribution in [0.15, 0.2) is 60.7 Å². The van der Waals surface area contributed by atoms with Crippen LogP contribution in [0.3, 0.4) is 0 Å². The summed E-state index contributed by atoms with van der Waals surface area (Å²) in [7, 11) is 0. The number of phenolic OH excluding ortho intramolecular Hbond substituents is 2. The molecule has 2 aromatic carbocycles. The lowest BCUT2D eigenvalue weighted by molar-refractivity contribution is -0.138. The molecule has 0 amide bonds. The Bertz CT molecular complexity index is 961. The van der Waals surface area contributed by atoms with Gasteiger partial charge in [-0.15, -0.1) is 0 Å². The van der Waals surface area contributed by atoms with Crippen LogP contribution in [-0.4, -0.2) is 35.4 Å². The predicted octanol–water partition coefficient (Wildman–Crippen LogP) is 4.40. The van der Waals surface area contributed by atoms with Crippen molar-refractivity contribution in [3.8, 4) is 11.5 Å². The van der Waals surface area contributed by atoms with Gasteiger partial charge in [-0.05, 0) is 24.6 Å². The third-order valence-corrected chi connectivity index (χ3v) is 5.40. The first-order valence-electron chi connectivity index (χ1n) is 9.61. The minimum Gasteiger partial charge on any atom is -0.504 e. The number of para-hydroxylation sites is 2. The molecule has 0 aromatic heterocycles. The van der Waals surface area contributed by atoms with Crippen LogP contribution in [0.4, 0.5) is 5.69 Å². The zero-order valence-electron chi connectivity index (χ0n) is 17.1. The van der Waals surface area contributed by atoms with Crippen LogP contribution in [0.5, 0.6) is 11.5 Å². The Morgan fingerprint density at radius 1 is 1.21 bits per heavy atom. The molecule has 5 nitrogen and oxygen atoms in total. The van der Waals surface area contributed by atoms with Gasteiger partial charge in [-0.2, -0.15) is 0 Å². The smallest absolute Gasteiger partial charge is 0.333 e. The Hall–Kier alpha value is -3.21. The predicted molar refractivity (Wildman–Crippen MR) is 115 cm³/mol. The number of hydrogen-bond donors (Lipinski definition) is 2. The zero-order valence-corrected chi connectivity index (χ0v) is 17.1. The SMILES string of the molecule is C=C(C)C(=O)OCCN1c2ccccc2C(C)(C)C1/C=C/c1cccc(O)c1O. The molecule has 2 N–H and O–H groups in total. The Labute approximate surface area is 171 Å². The fourth-order valence-electron chi connectivity index (χ4n) is 3.81. The Kier molecular flexibility index (Phi) is 5.69. The van der Waals surface area contributed by atoms with Gasteiger partial charge in [0.1, 0.15) is 6.61 Å². The molecule has 152 valence electrons. The van der Waals surface area contributed by atoms with Gasteiger partial charge in [0.25, 0.3) is 0 Å². The number of fused-ring (bicyclic) bond motifs is 1. The second-order valence-electron chi connectivity index (χ2n) is 7.87. The van der Waals surface area contributed by atoms with E-state index in [1.807, 2.05) is 24.3 Å². The third kappa shape index (κ3) is 3.99. The average Bonchev–Trinajstić information content (AvgIpc) is 2.90. The maximum absolute atomic E-state index is 11.7. The van der Waals surface area contributed by atoms with Gasteiger partial charge in [0.05, 0.1) is 12.6 Å². The summed E-state index contributed by atoms with van der Waals surface area (Å²) < 4.78 is 5.32. The van der Waals surface area contributed by atoms with Crippen molar-refractivity contribution in [3.05, 3.63) is 71.8 Å². The van der Waals surface area contributed by atoms with E-state index >= 15 is 0 Å². The number of phenols is 2. The third-order valence-electron chi connectivity index (χ3n) is 5.40. The quantitative estimate of drug-likeness (QED) is 0.433. The number of anilines is 1. The number of benzene rings is 2. The number of aromatic hydroxyl groups is 2. The second-order valence-corrected chi connectivity index (χ2v) is 7.87. The summed E-state index contributed by atoms with van der Waals surface area (Å²) in [4.78, 5) is 14.0. The van der Waals surface area contributed by atoms with Crippen molar-refractivity contribution in [1.82, 2.24) is 0 Å². The molecular weight excluding hydrogens is 366 g/mol. The van der Waals surface area contributed by atoms with E-state index in [2.05, 4.69) is 37.5 Å². The van der Waals surface area contributed by atoms with E-state index in [9.17, 15) is 15.0 Å². The lowest BCUT2D eigenvalue weighted by Crippen LogP contribution is -2.41. The number of ether oxygens (including phenoxy) is 1. The van der Waals surface area contributed by atoms with Crippen LogP contribution in [0.1, 0.15) is 31.9 Å². The summed E-state index contributed by atoms with van der Waals surface area (Å²) in [5.74, 6) is -0.683. The molecule has 0 aliphatic carbocycles. The Morgan fingerprint density at radius 2 is 1.93 bits per heavy atom. The molecule has 0 fully saturated rings. The van der Waals surface area contributed by atoms with E-state index in [1.165, 1.54) is 11.6 Å². The summed E-state index contributed by atoms with van der Waals surface area (Å²) in [6, 6.07) is 13.1. The monoisotopic (exact) mass is 393 g/mol. The number of hydrogen-bond acceptors (Lipinski definition) is 5. The zero-order chi connectivity index (χ0) is 21.2. The van der Waals surface area contributed by atoms with Gasteiger partial charge in [-0.25, -0.2) is 4.79 Å². The number of carbonyl (C=O) groups is 1. The van der Waals surface area contributed by atoms with E-state index in [-0.39, 0.29) is 29.6 Å². The van der Waals surface area contributed by atoms with Gasteiger partial charge in [0.15, 0.2) is 11.5 Å². The van der Waals surface area contributed by atoms with Crippen molar-refractivity contribution in [1.29, 1.82) is 0 Å². The Balaban J connectivity index is 1.90. The van der Waals surface area contributed by atoms with Crippen molar-refractivity contribution >= 4 is 17.7 Å². The topological polar surface area (TPSA) is 70.0 Å². The molecule has 0 saturated carbocycles. The number of carbonyl (C=O) groups excluding carboxylic acids is 1. The van der Waals surface area contributed by atoms with Gasteiger partial charge < -0.3 is 19.8 Å². The first kappa shape index (κ1) is 20.5. The highest BCUT2D eigenvalue weighted by Crippen LogP contribution is 2.45. The van der Waals surface area contributed by atoms with E-state index in [1.54, 1.807) is 19.1 Å². The highest BCUT2D eigenvalue weighted by Gasteiger charge is 2.42. The molecule has 0 radical (unpaired) electrons. The van der Waals surface area contributed by atoms with Gasteiger partial charge in [0.2, 0.25) is 0 Å². The lowest BCUT2D eigenvalue weighted by atomic mass is 9.80. The normalized spacial score (nSPS) is 17.3. The fourth-order valence-corrected chi connectivity index (χ4v) is 3.81. The molecule has 29 heavy (non-hydrogen) atoms. The molecule has 2 aromatic rings. The Morgan fingerprint density at radius 3 is 2.66 bits per heavy atom. The van der Waals surface area contributed by atoms with Gasteiger partial charge in [-0.3, -0.25) is 0 Å². The van der Waals surface area contributed by atoms with Crippen molar-refractivity contribution in [3.63, 3.8) is 0 Å². The number of esters is 1. The molecule has 0 saturated heterocycles. The summed E-state index contributed by atoms with van der Waals surface area (Å²) in [5, 5.41) is 19.9. The minimum atomic E-state index is -0.395. The van der Waals surface area contributed by atoms with E-state index < -0.39 is 5.97 Å². The van der Waals surface area contributed by atoms with Gasteiger partial charge >= 0.3 is 5.97 Å². The molecular formula is C24H27NO4. The van der Waals surface area contributed by atoms with Gasteiger partial charge in [0, 0.05) is 22.2 Å². The first-order valence-corrected chi connectivity index (χ1v) is 9.61. The maximum Gasteiger partial charge on any atom is 0.333 e. The first-order chi connectivity index (χ1) is 13.7. The van der Waals surface area contributed by atoms with Crippen LogP contribution in [0.25, 0.3) is 6.08 Å². The molecule has 0 spiro atoms. The molecule has 1 heterocycles. The lowest BCUT2D eigenvalue weighted by Gasteiger charge is -2.32. The summed E-state index contributed by atoms with van der Waals surface area (Å²) in [6.45, 7) is 10.4. The summed E-state index contributed by atoms with van der Waals surface area (Å²) >= 11 is 0. The second kappa shape index (κ2) is 8.03. The highest BCUT2D eigenvalue weighted by atomic mass is 16.5. The van der Waals surface area contributed by atoms with Gasteiger partial charge in [-0.1, -0.05) is 62.9 Å². The molecule has 5 heteroatoms.